The highest BCUT2D eigenvalue weighted by Crippen LogP contribution is 2.23. The Bertz CT molecular complexity index is 611. The average Bonchev–Trinajstić information content (AvgIpc) is 3.00. The molecule has 0 fully saturated rings. The highest BCUT2D eigenvalue weighted by molar-refractivity contribution is 7.13. The molecule has 0 aromatic carbocycles. The second-order valence-electron chi connectivity index (χ2n) is 3.59. The zero-order valence-corrected chi connectivity index (χ0v) is 10.0. The van der Waals surface area contributed by atoms with Gasteiger partial charge in [0.25, 0.3) is 0 Å². The Morgan fingerprint density at radius 1 is 1.47 bits per heavy atom. The van der Waals surface area contributed by atoms with Crippen LogP contribution in [0.25, 0.3) is 10.7 Å². The molecule has 3 heterocycles. The van der Waals surface area contributed by atoms with E-state index in [1.54, 1.807) is 24.5 Å². The SMILES string of the molecule is Cc1nc(Cn2ccnc2-c2cccs2)no1. The molecule has 0 unspecified atom stereocenters. The zero-order valence-electron chi connectivity index (χ0n) is 9.20. The predicted molar refractivity (Wildman–Crippen MR) is 63.7 cm³/mol. The normalized spacial score (nSPS) is 10.9. The molecule has 5 nitrogen and oxygen atoms in total. The van der Waals surface area contributed by atoms with Gasteiger partial charge in [-0.25, -0.2) is 4.98 Å². The van der Waals surface area contributed by atoms with Crippen LogP contribution >= 0.6 is 11.3 Å². The van der Waals surface area contributed by atoms with Crippen LogP contribution < -0.4 is 0 Å². The molecule has 3 aromatic heterocycles. The Hall–Kier alpha value is -1.95. The number of rotatable bonds is 3. The molecule has 0 aliphatic carbocycles. The number of aryl methyl sites for hydroxylation is 1. The molecule has 17 heavy (non-hydrogen) atoms. The van der Waals surface area contributed by atoms with Crippen molar-refractivity contribution in [1.82, 2.24) is 19.7 Å². The number of aromatic nitrogens is 4. The Morgan fingerprint density at radius 3 is 3.12 bits per heavy atom. The smallest absolute Gasteiger partial charge is 0.223 e. The first-order chi connectivity index (χ1) is 8.33. The van der Waals surface area contributed by atoms with Crippen LogP contribution in [0.1, 0.15) is 11.7 Å². The predicted octanol–water partition coefficient (Wildman–Crippen LogP) is 2.35. The van der Waals surface area contributed by atoms with Crippen LogP contribution in [0.4, 0.5) is 0 Å². The third kappa shape index (κ3) is 1.99. The van der Waals surface area contributed by atoms with Crippen molar-refractivity contribution in [2.75, 3.05) is 0 Å². The minimum Gasteiger partial charge on any atom is -0.340 e. The van der Waals surface area contributed by atoms with Gasteiger partial charge in [0, 0.05) is 19.3 Å². The van der Waals surface area contributed by atoms with E-state index in [1.807, 2.05) is 28.3 Å². The molecule has 0 atom stereocenters. The van der Waals surface area contributed by atoms with E-state index in [9.17, 15) is 0 Å². The van der Waals surface area contributed by atoms with Crippen molar-refractivity contribution in [3.63, 3.8) is 0 Å². The number of hydrogen-bond acceptors (Lipinski definition) is 5. The molecule has 0 bridgehead atoms. The van der Waals surface area contributed by atoms with Crippen LogP contribution in [0.2, 0.25) is 0 Å². The molecule has 86 valence electrons. The second-order valence-corrected chi connectivity index (χ2v) is 4.53. The minimum absolute atomic E-state index is 0.574. The molecule has 0 aliphatic rings. The average molecular weight is 246 g/mol. The van der Waals surface area contributed by atoms with Crippen LogP contribution in [0, 0.1) is 6.92 Å². The minimum atomic E-state index is 0.574. The van der Waals surface area contributed by atoms with Crippen LogP contribution in [0.3, 0.4) is 0 Å². The fourth-order valence-corrected chi connectivity index (χ4v) is 2.36. The quantitative estimate of drug-likeness (QED) is 0.711. The lowest BCUT2D eigenvalue weighted by atomic mass is 10.4. The molecule has 0 aliphatic heterocycles. The highest BCUT2D eigenvalue weighted by Gasteiger charge is 2.09. The summed E-state index contributed by atoms with van der Waals surface area (Å²) in [7, 11) is 0. The van der Waals surface area contributed by atoms with Crippen LogP contribution in [-0.4, -0.2) is 19.7 Å². The van der Waals surface area contributed by atoms with Crippen LogP contribution in [-0.2, 0) is 6.54 Å². The summed E-state index contributed by atoms with van der Waals surface area (Å²) in [5.41, 5.74) is 0. The number of imidazole rings is 1. The molecule has 0 amide bonds. The summed E-state index contributed by atoms with van der Waals surface area (Å²) in [6.45, 7) is 2.36. The second kappa shape index (κ2) is 4.14. The van der Waals surface area contributed by atoms with Crippen molar-refractivity contribution in [2.45, 2.75) is 13.5 Å². The fraction of sp³-hybridized carbons (Fsp3) is 0.182. The molecule has 3 rings (SSSR count). The van der Waals surface area contributed by atoms with Gasteiger partial charge in [-0.05, 0) is 11.4 Å². The largest absolute Gasteiger partial charge is 0.340 e. The Balaban J connectivity index is 1.92. The lowest BCUT2D eigenvalue weighted by Crippen LogP contribution is -2.02. The van der Waals surface area contributed by atoms with E-state index in [-0.39, 0.29) is 0 Å². The van der Waals surface area contributed by atoms with Gasteiger partial charge >= 0.3 is 0 Å². The number of hydrogen-bond donors (Lipinski definition) is 0. The lowest BCUT2D eigenvalue weighted by Gasteiger charge is -2.02. The maximum atomic E-state index is 4.95. The van der Waals surface area contributed by atoms with E-state index in [2.05, 4.69) is 15.1 Å². The lowest BCUT2D eigenvalue weighted by molar-refractivity contribution is 0.386. The van der Waals surface area contributed by atoms with Crippen molar-refractivity contribution in [1.29, 1.82) is 0 Å². The summed E-state index contributed by atoms with van der Waals surface area (Å²) in [5, 5.41) is 5.92. The molecular weight excluding hydrogens is 236 g/mol. The Labute approximate surface area is 102 Å². The monoisotopic (exact) mass is 246 g/mol. The summed E-state index contributed by atoms with van der Waals surface area (Å²) < 4.78 is 6.96. The van der Waals surface area contributed by atoms with E-state index in [4.69, 9.17) is 4.52 Å². The van der Waals surface area contributed by atoms with Gasteiger partial charge in [-0.2, -0.15) is 4.98 Å². The van der Waals surface area contributed by atoms with E-state index in [0.29, 0.717) is 18.3 Å². The highest BCUT2D eigenvalue weighted by atomic mass is 32.1. The third-order valence-electron chi connectivity index (χ3n) is 2.34. The zero-order chi connectivity index (χ0) is 11.7. The van der Waals surface area contributed by atoms with E-state index in [1.165, 1.54) is 0 Å². The molecule has 0 spiro atoms. The van der Waals surface area contributed by atoms with Gasteiger partial charge in [-0.15, -0.1) is 11.3 Å². The van der Waals surface area contributed by atoms with Gasteiger partial charge in [-0.1, -0.05) is 11.2 Å². The topological polar surface area (TPSA) is 56.7 Å². The summed E-state index contributed by atoms with van der Waals surface area (Å²) in [6.07, 6.45) is 3.70. The number of thiophene rings is 1. The van der Waals surface area contributed by atoms with E-state index < -0.39 is 0 Å². The standard InChI is InChI=1S/C11H10N4OS/c1-8-13-10(14-16-8)7-15-5-4-12-11(15)9-3-2-6-17-9/h2-6H,7H2,1H3. The van der Waals surface area contributed by atoms with Gasteiger partial charge in [-0.3, -0.25) is 0 Å². The number of nitrogens with zero attached hydrogens (tertiary/aromatic N) is 4. The molecular formula is C11H10N4OS. The molecule has 0 saturated carbocycles. The van der Waals surface area contributed by atoms with Crippen molar-refractivity contribution in [3.05, 3.63) is 41.6 Å². The van der Waals surface area contributed by atoms with Crippen LogP contribution in [0.5, 0.6) is 0 Å². The van der Waals surface area contributed by atoms with Crippen molar-refractivity contribution in [3.8, 4) is 10.7 Å². The molecule has 6 heteroatoms. The Morgan fingerprint density at radius 2 is 2.41 bits per heavy atom. The van der Waals surface area contributed by atoms with Gasteiger partial charge in [0.05, 0.1) is 11.4 Å². The molecule has 3 aromatic rings. The van der Waals surface area contributed by atoms with Crippen molar-refractivity contribution >= 4 is 11.3 Å². The summed E-state index contributed by atoms with van der Waals surface area (Å²) in [4.78, 5) is 9.67. The van der Waals surface area contributed by atoms with E-state index >= 15 is 0 Å². The molecule has 0 N–H and O–H groups in total. The van der Waals surface area contributed by atoms with E-state index in [0.717, 1.165) is 10.7 Å². The third-order valence-corrected chi connectivity index (χ3v) is 3.20. The maximum Gasteiger partial charge on any atom is 0.223 e. The summed E-state index contributed by atoms with van der Waals surface area (Å²) in [5.74, 6) is 2.18. The van der Waals surface area contributed by atoms with Gasteiger partial charge in [0.15, 0.2) is 5.82 Å². The first kappa shape index (κ1) is 10.2. The fourth-order valence-electron chi connectivity index (χ4n) is 1.63. The van der Waals surface area contributed by atoms with Gasteiger partial charge in [0.2, 0.25) is 5.89 Å². The summed E-state index contributed by atoms with van der Waals surface area (Å²) >= 11 is 1.66. The van der Waals surface area contributed by atoms with Gasteiger partial charge in [0.1, 0.15) is 5.82 Å². The molecule has 0 saturated heterocycles. The van der Waals surface area contributed by atoms with Crippen LogP contribution in [0.15, 0.2) is 34.4 Å². The maximum absolute atomic E-state index is 4.95. The first-order valence-electron chi connectivity index (χ1n) is 5.17. The molecule has 0 radical (unpaired) electrons. The first-order valence-corrected chi connectivity index (χ1v) is 6.05. The van der Waals surface area contributed by atoms with Crippen molar-refractivity contribution in [2.24, 2.45) is 0 Å². The Kier molecular flexibility index (Phi) is 2.49. The van der Waals surface area contributed by atoms with Gasteiger partial charge < -0.3 is 9.09 Å². The van der Waals surface area contributed by atoms with Crippen molar-refractivity contribution < 1.29 is 4.52 Å². The summed E-state index contributed by atoms with van der Waals surface area (Å²) in [6, 6.07) is 4.06.